The first-order valence-electron chi connectivity index (χ1n) is 8.00. The minimum atomic E-state index is -0.666. The largest absolute Gasteiger partial charge is 0.460 e. The smallest absolute Gasteiger partial charge is 0.178 e. The third-order valence-corrected chi connectivity index (χ3v) is 4.77. The van der Waals surface area contributed by atoms with Crippen molar-refractivity contribution >= 4 is 22.1 Å². The number of furan rings is 1. The third-order valence-electron chi connectivity index (χ3n) is 4.77. The van der Waals surface area contributed by atoms with Crippen LogP contribution < -0.4 is 0 Å². The van der Waals surface area contributed by atoms with E-state index in [1.165, 1.54) is 0 Å². The molecule has 23 heavy (non-hydrogen) atoms. The Morgan fingerprint density at radius 2 is 2.13 bits per heavy atom. The van der Waals surface area contributed by atoms with Crippen LogP contribution in [0.5, 0.6) is 0 Å². The van der Waals surface area contributed by atoms with Crippen LogP contribution in [0.1, 0.15) is 50.6 Å². The molecule has 6 nitrogen and oxygen atoms in total. The summed E-state index contributed by atoms with van der Waals surface area (Å²) in [6.07, 6.45) is 6.28. The van der Waals surface area contributed by atoms with Crippen LogP contribution in [0.3, 0.4) is 0 Å². The highest BCUT2D eigenvalue weighted by atomic mass is 16.3. The number of imidazole rings is 1. The summed E-state index contributed by atoms with van der Waals surface area (Å²) in [4.78, 5) is 8.94. The third kappa shape index (κ3) is 2.20. The van der Waals surface area contributed by atoms with Gasteiger partial charge in [-0.2, -0.15) is 5.26 Å². The summed E-state index contributed by atoms with van der Waals surface area (Å²) in [5, 5.41) is 19.3. The van der Waals surface area contributed by atoms with Crippen LogP contribution in [0.25, 0.3) is 22.1 Å². The van der Waals surface area contributed by atoms with Gasteiger partial charge in [0.05, 0.1) is 18.5 Å². The fraction of sp³-hybridized carbons (Fsp3) is 0.471. The lowest BCUT2D eigenvalue weighted by molar-refractivity contribution is 0.176. The Morgan fingerprint density at radius 1 is 1.35 bits per heavy atom. The molecule has 1 aliphatic rings. The zero-order valence-electron chi connectivity index (χ0n) is 12.9. The van der Waals surface area contributed by atoms with Crippen LogP contribution in [0.15, 0.2) is 22.9 Å². The highest BCUT2D eigenvalue weighted by Gasteiger charge is 2.28. The summed E-state index contributed by atoms with van der Waals surface area (Å²) in [6.45, 7) is 1.73. The fourth-order valence-corrected chi connectivity index (χ4v) is 3.62. The summed E-state index contributed by atoms with van der Waals surface area (Å²) in [7, 11) is 0. The lowest BCUT2D eigenvalue weighted by atomic mass is 9.86. The van der Waals surface area contributed by atoms with Gasteiger partial charge in [-0.1, -0.05) is 0 Å². The van der Waals surface area contributed by atoms with Crippen molar-refractivity contribution < 1.29 is 9.52 Å². The van der Waals surface area contributed by atoms with Gasteiger partial charge in [-0.25, -0.2) is 4.98 Å². The molecule has 1 N–H and O–H groups in total. The van der Waals surface area contributed by atoms with Gasteiger partial charge < -0.3 is 14.1 Å². The minimum Gasteiger partial charge on any atom is -0.460 e. The Balaban J connectivity index is 1.90. The van der Waals surface area contributed by atoms with Gasteiger partial charge >= 0.3 is 0 Å². The number of hydrogen-bond acceptors (Lipinski definition) is 5. The second kappa shape index (κ2) is 5.36. The van der Waals surface area contributed by atoms with Crippen LogP contribution in [0, 0.1) is 17.2 Å². The molecule has 0 radical (unpaired) electrons. The topological polar surface area (TPSA) is 87.9 Å². The average Bonchev–Trinajstić information content (AvgIpc) is 3.18. The van der Waals surface area contributed by atoms with Crippen molar-refractivity contribution in [2.24, 2.45) is 5.92 Å². The predicted octanol–water partition coefficient (Wildman–Crippen LogP) is 3.49. The van der Waals surface area contributed by atoms with E-state index in [0.717, 1.165) is 42.2 Å². The maximum atomic E-state index is 10.2. The number of nitrogens with zero attached hydrogens (tertiary/aromatic N) is 4. The van der Waals surface area contributed by atoms with Crippen molar-refractivity contribution in [3.8, 4) is 6.07 Å². The van der Waals surface area contributed by atoms with Crippen LogP contribution in [-0.2, 0) is 0 Å². The molecule has 0 saturated heterocycles. The molecule has 1 fully saturated rings. The summed E-state index contributed by atoms with van der Waals surface area (Å²) in [6, 6.07) is 4.43. The number of fused-ring (bicyclic) bond motifs is 3. The Kier molecular flexibility index (Phi) is 3.31. The van der Waals surface area contributed by atoms with Gasteiger partial charge in [0.15, 0.2) is 5.58 Å². The van der Waals surface area contributed by atoms with E-state index in [-0.39, 0.29) is 12.0 Å². The molecule has 1 aliphatic carbocycles. The number of aromatic nitrogens is 3. The molecule has 3 heterocycles. The number of hydrogen-bond donors (Lipinski definition) is 1. The standard InChI is InChI=1S/C17H18N4O2/c1-10(22)17-20-14-9-19-13-6-7-23-16(13)15(14)21(17)12-4-2-11(8-18)3-5-12/h6-7,9-12,22H,2-5H2,1H3/t10-,11?,12?/m1/s1. The molecule has 3 aromatic heterocycles. The Hall–Kier alpha value is -2.39. The van der Waals surface area contributed by atoms with Crippen molar-refractivity contribution in [3.05, 3.63) is 24.4 Å². The van der Waals surface area contributed by atoms with Crippen LogP contribution in [0.2, 0.25) is 0 Å². The van der Waals surface area contributed by atoms with E-state index in [4.69, 9.17) is 9.68 Å². The first-order chi connectivity index (χ1) is 11.2. The van der Waals surface area contributed by atoms with Gasteiger partial charge in [0.1, 0.15) is 28.5 Å². The van der Waals surface area contributed by atoms with Gasteiger partial charge in [0.2, 0.25) is 0 Å². The van der Waals surface area contributed by atoms with Gasteiger partial charge in [-0.05, 0) is 32.6 Å². The maximum Gasteiger partial charge on any atom is 0.178 e. The zero-order valence-corrected chi connectivity index (χ0v) is 12.9. The van der Waals surface area contributed by atoms with E-state index in [9.17, 15) is 5.11 Å². The minimum absolute atomic E-state index is 0.140. The van der Waals surface area contributed by atoms with E-state index >= 15 is 0 Å². The second-order valence-electron chi connectivity index (χ2n) is 6.28. The molecular formula is C17H18N4O2. The average molecular weight is 310 g/mol. The molecule has 6 heteroatoms. The zero-order chi connectivity index (χ0) is 16.0. The molecular weight excluding hydrogens is 292 g/mol. The number of aliphatic hydroxyl groups excluding tert-OH is 1. The molecule has 4 rings (SSSR count). The lowest BCUT2D eigenvalue weighted by Crippen LogP contribution is -2.20. The van der Waals surface area contributed by atoms with E-state index < -0.39 is 6.10 Å². The van der Waals surface area contributed by atoms with Crippen LogP contribution in [-0.4, -0.2) is 19.6 Å². The van der Waals surface area contributed by atoms with E-state index in [1.807, 2.05) is 6.07 Å². The summed E-state index contributed by atoms with van der Waals surface area (Å²) >= 11 is 0. The van der Waals surface area contributed by atoms with Crippen molar-refractivity contribution in [2.45, 2.75) is 44.8 Å². The van der Waals surface area contributed by atoms with Crippen molar-refractivity contribution in [1.82, 2.24) is 14.5 Å². The number of aliphatic hydroxyl groups is 1. The van der Waals surface area contributed by atoms with Crippen molar-refractivity contribution in [3.63, 3.8) is 0 Å². The molecule has 0 unspecified atom stereocenters. The molecule has 3 aromatic rings. The summed E-state index contributed by atoms with van der Waals surface area (Å²) in [5.41, 5.74) is 3.15. The van der Waals surface area contributed by atoms with Crippen molar-refractivity contribution in [1.29, 1.82) is 5.26 Å². The van der Waals surface area contributed by atoms with E-state index in [1.54, 1.807) is 19.4 Å². The van der Waals surface area contributed by atoms with Gasteiger partial charge in [-0.15, -0.1) is 0 Å². The van der Waals surface area contributed by atoms with Gasteiger partial charge in [0, 0.05) is 18.0 Å². The monoisotopic (exact) mass is 310 g/mol. The Labute approximate surface area is 133 Å². The highest BCUT2D eigenvalue weighted by Crippen LogP contribution is 2.38. The number of pyridine rings is 1. The summed E-state index contributed by atoms with van der Waals surface area (Å²) < 4.78 is 7.75. The first-order valence-corrected chi connectivity index (χ1v) is 8.00. The van der Waals surface area contributed by atoms with Crippen molar-refractivity contribution in [2.75, 3.05) is 0 Å². The molecule has 0 spiro atoms. The van der Waals surface area contributed by atoms with Gasteiger partial charge in [0.25, 0.3) is 0 Å². The quantitative estimate of drug-likeness (QED) is 0.782. The Morgan fingerprint density at radius 3 is 2.83 bits per heavy atom. The van der Waals surface area contributed by atoms with Gasteiger partial charge in [-0.3, -0.25) is 4.98 Å². The van der Waals surface area contributed by atoms with E-state index in [2.05, 4.69) is 20.6 Å². The molecule has 0 bridgehead atoms. The number of rotatable bonds is 2. The molecule has 1 saturated carbocycles. The maximum absolute atomic E-state index is 10.2. The molecule has 1 atom stereocenters. The molecule has 0 aromatic carbocycles. The SMILES string of the molecule is C[C@@H](O)c1nc2cnc3ccoc3c2n1C1CCC(C#N)CC1. The first kappa shape index (κ1) is 14.2. The predicted molar refractivity (Wildman–Crippen MR) is 84.5 cm³/mol. The summed E-state index contributed by atoms with van der Waals surface area (Å²) in [5.74, 6) is 0.785. The normalized spacial score (nSPS) is 23.2. The fourth-order valence-electron chi connectivity index (χ4n) is 3.62. The van der Waals surface area contributed by atoms with Crippen LogP contribution in [0.4, 0.5) is 0 Å². The van der Waals surface area contributed by atoms with E-state index in [0.29, 0.717) is 11.4 Å². The lowest BCUT2D eigenvalue weighted by Gasteiger charge is -2.28. The highest BCUT2D eigenvalue weighted by molar-refractivity contribution is 5.98. The second-order valence-corrected chi connectivity index (χ2v) is 6.28. The Bertz CT molecular complexity index is 894. The number of nitriles is 1. The molecule has 0 aliphatic heterocycles. The van der Waals surface area contributed by atoms with Crippen LogP contribution >= 0.6 is 0 Å². The molecule has 0 amide bonds. The molecule has 118 valence electrons.